The van der Waals surface area contributed by atoms with Crippen molar-refractivity contribution in [1.29, 1.82) is 0 Å². The third kappa shape index (κ3) is 11.2. The molecule has 0 amide bonds. The predicted molar refractivity (Wildman–Crippen MR) is 74.3 cm³/mol. The van der Waals surface area contributed by atoms with Crippen LogP contribution in [-0.4, -0.2) is 51.1 Å². The van der Waals surface area contributed by atoms with Crippen molar-refractivity contribution in [2.75, 3.05) is 33.4 Å². The van der Waals surface area contributed by atoms with Gasteiger partial charge in [-0.05, 0) is 26.8 Å². The van der Waals surface area contributed by atoms with Crippen LogP contribution in [0.2, 0.25) is 0 Å². The van der Waals surface area contributed by atoms with Crippen LogP contribution in [0.4, 0.5) is 0 Å². The van der Waals surface area contributed by atoms with Gasteiger partial charge in [0.25, 0.3) is 0 Å². The van der Waals surface area contributed by atoms with Gasteiger partial charge in [0.1, 0.15) is 5.78 Å². The minimum atomic E-state index is 0.182. The molecule has 0 aliphatic heterocycles. The van der Waals surface area contributed by atoms with Crippen LogP contribution in [0.5, 0.6) is 0 Å². The maximum atomic E-state index is 10.8. The van der Waals surface area contributed by atoms with E-state index in [1.165, 1.54) is 0 Å². The van der Waals surface area contributed by atoms with E-state index in [1.54, 1.807) is 13.1 Å². The molecule has 6 nitrogen and oxygen atoms in total. The zero-order valence-electron chi connectivity index (χ0n) is 11.3. The highest BCUT2D eigenvalue weighted by Gasteiger charge is 1.98. The van der Waals surface area contributed by atoms with Crippen molar-refractivity contribution in [3.8, 4) is 0 Å². The van der Waals surface area contributed by atoms with Crippen LogP contribution in [0, 0.1) is 0 Å². The zero-order chi connectivity index (χ0) is 13.6. The van der Waals surface area contributed by atoms with Gasteiger partial charge >= 0.3 is 0 Å². The Morgan fingerprint density at radius 1 is 1.39 bits per heavy atom. The van der Waals surface area contributed by atoms with Crippen LogP contribution in [0.25, 0.3) is 0 Å². The fourth-order valence-electron chi connectivity index (χ4n) is 1.24. The van der Waals surface area contributed by atoms with Crippen molar-refractivity contribution in [3.63, 3.8) is 0 Å². The average Bonchev–Trinajstić information content (AvgIpc) is 2.35. The number of hydrogen-bond donors (Lipinski definition) is 2. The lowest BCUT2D eigenvalue weighted by Crippen LogP contribution is -2.15. The maximum absolute atomic E-state index is 10.8. The molecule has 0 atom stereocenters. The summed E-state index contributed by atoms with van der Waals surface area (Å²) in [6, 6.07) is 0. The van der Waals surface area contributed by atoms with Gasteiger partial charge in [-0.3, -0.25) is 4.99 Å². The number of nitrogens with two attached hydrogens (primary N) is 1. The first-order valence-electron chi connectivity index (χ1n) is 6.19. The van der Waals surface area contributed by atoms with Crippen LogP contribution in [0.1, 0.15) is 26.2 Å². The predicted octanol–water partition coefficient (Wildman–Crippen LogP) is 0.367. The minimum Gasteiger partial charge on any atom is -0.378 e. The molecule has 6 heteroatoms. The monoisotopic (exact) mass is 256 g/mol. The fraction of sp³-hybridized carbons (Fsp3) is 0.750. The number of ether oxygens (including phenoxy) is 1. The Hall–Kier alpha value is -1.27. The number of rotatable bonds is 11. The summed E-state index contributed by atoms with van der Waals surface area (Å²) in [5.74, 6) is 5.42. The van der Waals surface area contributed by atoms with Gasteiger partial charge < -0.3 is 20.7 Å². The third-order valence-electron chi connectivity index (χ3n) is 2.23. The van der Waals surface area contributed by atoms with Crippen LogP contribution in [0.15, 0.2) is 10.1 Å². The van der Waals surface area contributed by atoms with Gasteiger partial charge in [-0.15, -0.1) is 0 Å². The Bertz CT molecular complexity index is 277. The molecule has 0 radical (unpaired) electrons. The van der Waals surface area contributed by atoms with Crippen molar-refractivity contribution in [2.45, 2.75) is 26.2 Å². The summed E-state index contributed by atoms with van der Waals surface area (Å²) in [7, 11) is 1.88. The SMILES string of the molecule is CNCCOCCN=CC(CCCC(C)=O)=NN. The van der Waals surface area contributed by atoms with Crippen LogP contribution >= 0.6 is 0 Å². The molecule has 0 aromatic rings. The van der Waals surface area contributed by atoms with E-state index in [0.29, 0.717) is 38.3 Å². The number of hydrogen-bond acceptors (Lipinski definition) is 6. The van der Waals surface area contributed by atoms with Crippen molar-refractivity contribution in [1.82, 2.24) is 5.32 Å². The lowest BCUT2D eigenvalue weighted by atomic mass is 10.1. The Morgan fingerprint density at radius 2 is 2.17 bits per heavy atom. The van der Waals surface area contributed by atoms with Crippen LogP contribution < -0.4 is 11.2 Å². The van der Waals surface area contributed by atoms with Gasteiger partial charge in [0.2, 0.25) is 0 Å². The zero-order valence-corrected chi connectivity index (χ0v) is 11.3. The maximum Gasteiger partial charge on any atom is 0.129 e. The van der Waals surface area contributed by atoms with E-state index >= 15 is 0 Å². The second kappa shape index (κ2) is 12.2. The minimum absolute atomic E-state index is 0.182. The van der Waals surface area contributed by atoms with E-state index in [-0.39, 0.29) is 5.78 Å². The first-order valence-corrected chi connectivity index (χ1v) is 6.19. The number of Topliss-reactive ketones (excluding diaryl/α,β-unsaturated/α-hetero) is 1. The molecule has 0 saturated heterocycles. The largest absolute Gasteiger partial charge is 0.378 e. The highest BCUT2D eigenvalue weighted by atomic mass is 16.5. The van der Waals surface area contributed by atoms with Gasteiger partial charge in [-0.2, -0.15) is 5.10 Å². The standard InChI is InChI=1S/C12H24N4O2/c1-11(17)4-3-5-12(16-13)10-15-7-9-18-8-6-14-2/h10,14H,3-9,13H2,1-2H3. The molecule has 0 fully saturated rings. The molecule has 18 heavy (non-hydrogen) atoms. The van der Waals surface area contributed by atoms with Gasteiger partial charge in [0.05, 0.1) is 25.5 Å². The summed E-state index contributed by atoms with van der Waals surface area (Å²) in [6.07, 6.45) is 3.65. The molecule has 0 aliphatic carbocycles. The number of likely N-dealkylation sites (N-methyl/N-ethyl adjacent to an activating group) is 1. The van der Waals surface area contributed by atoms with E-state index in [1.807, 2.05) is 7.05 Å². The number of hydrazone groups is 1. The number of aliphatic imine (C=N–C) groups is 1. The first kappa shape index (κ1) is 16.7. The molecule has 0 heterocycles. The summed E-state index contributed by atoms with van der Waals surface area (Å²) in [6.45, 7) is 4.28. The number of nitrogens with zero attached hydrogens (tertiary/aromatic N) is 2. The van der Waals surface area contributed by atoms with E-state index < -0.39 is 0 Å². The molecule has 0 rings (SSSR count). The molecule has 0 aromatic carbocycles. The third-order valence-corrected chi connectivity index (χ3v) is 2.23. The number of carbonyl (C=O) groups is 1. The highest BCUT2D eigenvalue weighted by molar-refractivity contribution is 6.30. The van der Waals surface area contributed by atoms with E-state index in [0.717, 1.165) is 13.0 Å². The van der Waals surface area contributed by atoms with Crippen molar-refractivity contribution in [3.05, 3.63) is 0 Å². The molecular formula is C12H24N4O2. The molecule has 0 bridgehead atoms. The summed E-state index contributed by atoms with van der Waals surface area (Å²) in [5.41, 5.74) is 0.714. The normalized spacial score (nSPS) is 12.2. The first-order chi connectivity index (χ1) is 8.70. The molecule has 0 spiro atoms. The molecule has 0 aliphatic rings. The number of ketones is 1. The molecule has 3 N–H and O–H groups in total. The van der Waals surface area contributed by atoms with Gasteiger partial charge in [-0.1, -0.05) is 0 Å². The van der Waals surface area contributed by atoms with E-state index in [9.17, 15) is 4.79 Å². The molecule has 0 aromatic heterocycles. The molecule has 0 unspecified atom stereocenters. The Kier molecular flexibility index (Phi) is 11.3. The van der Waals surface area contributed by atoms with Crippen molar-refractivity contribution < 1.29 is 9.53 Å². The summed E-state index contributed by atoms with van der Waals surface area (Å²) in [4.78, 5) is 14.9. The second-order valence-electron chi connectivity index (χ2n) is 3.93. The van der Waals surface area contributed by atoms with Gasteiger partial charge in [0.15, 0.2) is 0 Å². The molecule has 104 valence electrons. The highest BCUT2D eigenvalue weighted by Crippen LogP contribution is 1.97. The lowest BCUT2D eigenvalue weighted by Gasteiger charge is -2.01. The topological polar surface area (TPSA) is 89.1 Å². The van der Waals surface area contributed by atoms with Crippen LogP contribution in [0.3, 0.4) is 0 Å². The number of nitrogens with one attached hydrogen (secondary N) is 1. The Labute approximate surface area is 109 Å². The van der Waals surface area contributed by atoms with Crippen molar-refractivity contribution in [2.24, 2.45) is 15.9 Å². The van der Waals surface area contributed by atoms with Crippen molar-refractivity contribution >= 4 is 17.7 Å². The average molecular weight is 256 g/mol. The Balaban J connectivity index is 3.62. The van der Waals surface area contributed by atoms with Crippen LogP contribution in [-0.2, 0) is 9.53 Å². The fourth-order valence-corrected chi connectivity index (χ4v) is 1.24. The molecule has 0 saturated carbocycles. The van der Waals surface area contributed by atoms with E-state index in [2.05, 4.69) is 15.4 Å². The van der Waals surface area contributed by atoms with Gasteiger partial charge in [-0.25, -0.2) is 0 Å². The van der Waals surface area contributed by atoms with Gasteiger partial charge in [0, 0.05) is 19.2 Å². The van der Waals surface area contributed by atoms with E-state index in [4.69, 9.17) is 10.6 Å². The molecular weight excluding hydrogens is 232 g/mol. The summed E-state index contributed by atoms with van der Waals surface area (Å²) in [5, 5.41) is 6.63. The Morgan fingerprint density at radius 3 is 2.78 bits per heavy atom. The summed E-state index contributed by atoms with van der Waals surface area (Å²) < 4.78 is 5.31. The lowest BCUT2D eigenvalue weighted by molar-refractivity contribution is -0.117. The second-order valence-corrected chi connectivity index (χ2v) is 3.93. The smallest absolute Gasteiger partial charge is 0.129 e. The quantitative estimate of drug-likeness (QED) is 0.242. The number of carbonyl (C=O) groups excluding carboxylic acids is 1. The summed E-state index contributed by atoms with van der Waals surface area (Å²) >= 11 is 0.